The number of amides is 1. The maximum atomic E-state index is 11.4. The Labute approximate surface area is 126 Å². The summed E-state index contributed by atoms with van der Waals surface area (Å²) in [5, 5.41) is 7.45. The van der Waals surface area contributed by atoms with Gasteiger partial charge < -0.3 is 15.2 Å². The van der Waals surface area contributed by atoms with E-state index in [9.17, 15) is 4.79 Å². The Morgan fingerprint density at radius 3 is 2.62 bits per heavy atom. The molecular weight excluding hydrogens is 262 g/mol. The normalized spacial score (nSPS) is 11.8. The fraction of sp³-hybridized carbons (Fsp3) is 0.471. The number of carbonyl (C=O) groups excluding carboxylic acids is 1. The first-order valence-corrected chi connectivity index (χ1v) is 7.43. The van der Waals surface area contributed by atoms with Crippen molar-refractivity contribution in [3.63, 3.8) is 0 Å². The van der Waals surface area contributed by atoms with E-state index in [2.05, 4.69) is 60.4 Å². The predicted molar refractivity (Wildman–Crippen MR) is 87.2 cm³/mol. The number of aromatic nitrogens is 1. The molecule has 0 saturated heterocycles. The fourth-order valence-electron chi connectivity index (χ4n) is 2.36. The Kier molecular flexibility index (Phi) is 4.68. The number of carbonyl (C=O) groups is 1. The molecule has 2 aromatic rings. The summed E-state index contributed by atoms with van der Waals surface area (Å²) in [5.41, 5.74) is 2.55. The van der Waals surface area contributed by atoms with Crippen LogP contribution in [0.25, 0.3) is 10.9 Å². The Morgan fingerprint density at radius 1 is 1.24 bits per heavy atom. The van der Waals surface area contributed by atoms with E-state index in [1.54, 1.807) is 7.05 Å². The number of hydrogen-bond acceptors (Lipinski definition) is 2. The van der Waals surface area contributed by atoms with Gasteiger partial charge in [0.15, 0.2) is 0 Å². The van der Waals surface area contributed by atoms with E-state index in [0.717, 1.165) is 6.54 Å². The summed E-state index contributed by atoms with van der Waals surface area (Å²) in [6.07, 6.45) is 2.66. The highest BCUT2D eigenvalue weighted by Crippen LogP contribution is 2.22. The van der Waals surface area contributed by atoms with Crippen LogP contribution in [-0.4, -0.2) is 23.1 Å². The van der Waals surface area contributed by atoms with Crippen molar-refractivity contribution in [1.29, 1.82) is 0 Å². The molecule has 0 bridgehead atoms. The van der Waals surface area contributed by atoms with Gasteiger partial charge in [-0.05, 0) is 32.4 Å². The largest absolute Gasteiger partial charge is 0.359 e. The summed E-state index contributed by atoms with van der Waals surface area (Å²) in [7, 11) is 1.68. The standard InChI is InChI=1S/C17H25N3O/c1-17(2,3)19-11-13-12-20(10-9-16(21)18-4)15-8-6-5-7-14(13)15/h5-8,12,19H,9-11H2,1-4H3,(H,18,21). The molecule has 0 aliphatic carbocycles. The van der Waals surface area contributed by atoms with E-state index in [-0.39, 0.29) is 11.4 Å². The molecule has 1 aromatic carbocycles. The lowest BCUT2D eigenvalue weighted by Crippen LogP contribution is -2.34. The minimum atomic E-state index is 0.0714. The third kappa shape index (κ3) is 4.08. The van der Waals surface area contributed by atoms with E-state index in [4.69, 9.17) is 0 Å². The Balaban J connectivity index is 2.24. The van der Waals surface area contributed by atoms with Crippen LogP contribution in [0.2, 0.25) is 0 Å². The van der Waals surface area contributed by atoms with Crippen LogP contribution in [0.15, 0.2) is 30.5 Å². The molecule has 4 heteroatoms. The van der Waals surface area contributed by atoms with E-state index >= 15 is 0 Å². The first-order chi connectivity index (χ1) is 9.90. The topological polar surface area (TPSA) is 46.1 Å². The highest BCUT2D eigenvalue weighted by molar-refractivity contribution is 5.84. The first kappa shape index (κ1) is 15.6. The number of hydrogen-bond donors (Lipinski definition) is 2. The Morgan fingerprint density at radius 2 is 1.95 bits per heavy atom. The van der Waals surface area contributed by atoms with Gasteiger partial charge >= 0.3 is 0 Å². The van der Waals surface area contributed by atoms with Gasteiger partial charge in [0.1, 0.15) is 0 Å². The number of benzene rings is 1. The molecule has 1 heterocycles. The third-order valence-corrected chi connectivity index (χ3v) is 3.54. The maximum Gasteiger partial charge on any atom is 0.221 e. The molecular formula is C17H25N3O. The van der Waals surface area contributed by atoms with Crippen LogP contribution in [0.4, 0.5) is 0 Å². The Bertz CT molecular complexity index is 622. The van der Waals surface area contributed by atoms with Crippen molar-refractivity contribution < 1.29 is 4.79 Å². The molecule has 1 aromatic heterocycles. The van der Waals surface area contributed by atoms with Gasteiger partial charge in [-0.1, -0.05) is 18.2 Å². The lowest BCUT2D eigenvalue weighted by molar-refractivity contribution is -0.120. The second-order valence-electron chi connectivity index (χ2n) is 6.39. The van der Waals surface area contributed by atoms with Crippen LogP contribution in [0, 0.1) is 0 Å². The molecule has 0 aliphatic heterocycles. The van der Waals surface area contributed by atoms with Crippen molar-refractivity contribution in [1.82, 2.24) is 15.2 Å². The number of nitrogens with one attached hydrogen (secondary N) is 2. The van der Waals surface area contributed by atoms with Crippen molar-refractivity contribution in [3.05, 3.63) is 36.0 Å². The minimum absolute atomic E-state index is 0.0714. The van der Waals surface area contributed by atoms with Crippen LogP contribution in [-0.2, 0) is 17.9 Å². The number of fused-ring (bicyclic) bond motifs is 1. The molecule has 2 rings (SSSR count). The van der Waals surface area contributed by atoms with E-state index in [1.165, 1.54) is 16.5 Å². The van der Waals surface area contributed by atoms with Gasteiger partial charge in [0, 0.05) is 49.2 Å². The summed E-state index contributed by atoms with van der Waals surface area (Å²) in [6.45, 7) is 8.03. The third-order valence-electron chi connectivity index (χ3n) is 3.54. The van der Waals surface area contributed by atoms with Gasteiger partial charge in [0.25, 0.3) is 0 Å². The zero-order valence-electron chi connectivity index (χ0n) is 13.4. The van der Waals surface area contributed by atoms with Crippen LogP contribution in [0.1, 0.15) is 32.8 Å². The molecule has 0 atom stereocenters. The zero-order valence-corrected chi connectivity index (χ0v) is 13.4. The average Bonchev–Trinajstić information content (AvgIpc) is 2.80. The van der Waals surface area contributed by atoms with Crippen LogP contribution < -0.4 is 10.6 Å². The zero-order chi connectivity index (χ0) is 15.5. The van der Waals surface area contributed by atoms with Crippen molar-refractivity contribution in [2.24, 2.45) is 0 Å². The molecule has 0 aliphatic rings. The average molecular weight is 287 g/mol. The monoisotopic (exact) mass is 287 g/mol. The van der Waals surface area contributed by atoms with Crippen molar-refractivity contribution in [2.45, 2.75) is 45.8 Å². The molecule has 0 fully saturated rings. The van der Waals surface area contributed by atoms with Crippen molar-refractivity contribution in [3.8, 4) is 0 Å². The quantitative estimate of drug-likeness (QED) is 0.888. The van der Waals surface area contributed by atoms with Crippen LogP contribution in [0.3, 0.4) is 0 Å². The summed E-state index contributed by atoms with van der Waals surface area (Å²) in [5.74, 6) is 0.0714. The number of para-hydroxylation sites is 1. The molecule has 4 nitrogen and oxygen atoms in total. The fourth-order valence-corrected chi connectivity index (χ4v) is 2.36. The predicted octanol–water partition coefficient (Wildman–Crippen LogP) is 2.67. The van der Waals surface area contributed by atoms with E-state index < -0.39 is 0 Å². The van der Waals surface area contributed by atoms with Crippen LogP contribution in [0.5, 0.6) is 0 Å². The summed E-state index contributed by atoms with van der Waals surface area (Å²) in [6, 6.07) is 8.36. The Hall–Kier alpha value is -1.81. The molecule has 114 valence electrons. The van der Waals surface area contributed by atoms with E-state index in [1.807, 2.05) is 6.07 Å². The van der Waals surface area contributed by atoms with Crippen LogP contribution >= 0.6 is 0 Å². The number of nitrogens with zero attached hydrogens (tertiary/aromatic N) is 1. The molecule has 0 saturated carbocycles. The number of rotatable bonds is 5. The number of aryl methyl sites for hydroxylation is 1. The minimum Gasteiger partial charge on any atom is -0.359 e. The maximum absolute atomic E-state index is 11.4. The van der Waals surface area contributed by atoms with Crippen molar-refractivity contribution in [2.75, 3.05) is 7.05 Å². The highest BCUT2D eigenvalue weighted by atomic mass is 16.1. The van der Waals surface area contributed by atoms with Gasteiger partial charge in [-0.15, -0.1) is 0 Å². The first-order valence-electron chi connectivity index (χ1n) is 7.43. The molecule has 21 heavy (non-hydrogen) atoms. The van der Waals surface area contributed by atoms with Crippen molar-refractivity contribution >= 4 is 16.8 Å². The van der Waals surface area contributed by atoms with Gasteiger partial charge in [0.05, 0.1) is 0 Å². The molecule has 0 radical (unpaired) electrons. The highest BCUT2D eigenvalue weighted by Gasteiger charge is 2.13. The van der Waals surface area contributed by atoms with Gasteiger partial charge in [-0.2, -0.15) is 0 Å². The lowest BCUT2D eigenvalue weighted by atomic mass is 10.1. The van der Waals surface area contributed by atoms with Gasteiger partial charge in [-0.3, -0.25) is 4.79 Å². The second kappa shape index (κ2) is 6.31. The summed E-state index contributed by atoms with van der Waals surface area (Å²) in [4.78, 5) is 11.4. The van der Waals surface area contributed by atoms with Gasteiger partial charge in [-0.25, -0.2) is 0 Å². The molecule has 1 amide bonds. The SMILES string of the molecule is CNC(=O)CCn1cc(CNC(C)(C)C)c2ccccc21. The summed E-state index contributed by atoms with van der Waals surface area (Å²) < 4.78 is 2.17. The smallest absolute Gasteiger partial charge is 0.221 e. The van der Waals surface area contributed by atoms with E-state index in [0.29, 0.717) is 13.0 Å². The lowest BCUT2D eigenvalue weighted by Gasteiger charge is -2.20. The second-order valence-corrected chi connectivity index (χ2v) is 6.39. The molecule has 0 spiro atoms. The molecule has 2 N–H and O–H groups in total. The summed E-state index contributed by atoms with van der Waals surface area (Å²) >= 11 is 0. The molecule has 0 unspecified atom stereocenters. The van der Waals surface area contributed by atoms with Gasteiger partial charge in [0.2, 0.25) is 5.91 Å².